The second-order valence-electron chi connectivity index (χ2n) is 4.23. The molecule has 0 aliphatic heterocycles. The van der Waals surface area contributed by atoms with E-state index in [-0.39, 0.29) is 11.5 Å². The molecule has 0 aliphatic carbocycles. The number of hydrogen-bond acceptors (Lipinski definition) is 3. The van der Waals surface area contributed by atoms with E-state index in [0.717, 1.165) is 5.56 Å². The third-order valence-electron chi connectivity index (χ3n) is 2.80. The smallest absolute Gasteiger partial charge is 0.223 e. The van der Waals surface area contributed by atoms with E-state index in [1.165, 1.54) is 11.4 Å². The highest BCUT2D eigenvalue weighted by Crippen LogP contribution is 2.16. The molecule has 1 aromatic rings. The molecule has 0 bridgehead atoms. The first-order chi connectivity index (χ1) is 8.78. The van der Waals surface area contributed by atoms with Gasteiger partial charge in [-0.2, -0.15) is 4.31 Å². The van der Waals surface area contributed by atoms with Crippen LogP contribution in [0.4, 0.5) is 0 Å². The van der Waals surface area contributed by atoms with Gasteiger partial charge < -0.3 is 5.73 Å². The summed E-state index contributed by atoms with van der Waals surface area (Å²) in [7, 11) is -2.01. The average molecular weight is 321 g/mol. The number of thiocarbonyl (C=S) groups is 1. The summed E-state index contributed by atoms with van der Waals surface area (Å²) in [6.45, 7) is 2.01. The Morgan fingerprint density at radius 2 is 1.95 bits per heavy atom. The van der Waals surface area contributed by atoms with Gasteiger partial charge in [-0.05, 0) is 24.1 Å². The van der Waals surface area contributed by atoms with Crippen molar-refractivity contribution in [2.75, 3.05) is 7.05 Å². The van der Waals surface area contributed by atoms with Crippen molar-refractivity contribution in [1.82, 2.24) is 4.31 Å². The molecule has 0 saturated carbocycles. The molecule has 106 valence electrons. The molecular weight excluding hydrogens is 304 g/mol. The summed E-state index contributed by atoms with van der Waals surface area (Å²) < 4.78 is 25.9. The van der Waals surface area contributed by atoms with Gasteiger partial charge in [0, 0.05) is 18.6 Å². The van der Waals surface area contributed by atoms with Crippen LogP contribution in [0.5, 0.6) is 0 Å². The second kappa shape index (κ2) is 6.65. The first-order valence-electron chi connectivity index (χ1n) is 5.78. The van der Waals surface area contributed by atoms with Crippen molar-refractivity contribution in [2.45, 2.75) is 25.1 Å². The van der Waals surface area contributed by atoms with Crippen molar-refractivity contribution < 1.29 is 8.42 Å². The predicted molar refractivity (Wildman–Crippen MR) is 82.7 cm³/mol. The van der Waals surface area contributed by atoms with Crippen molar-refractivity contribution in [2.24, 2.45) is 5.73 Å². The summed E-state index contributed by atoms with van der Waals surface area (Å²) >= 11 is 10.6. The van der Waals surface area contributed by atoms with E-state index in [1.54, 1.807) is 31.2 Å². The van der Waals surface area contributed by atoms with E-state index in [1.807, 2.05) is 0 Å². The largest absolute Gasteiger partial charge is 0.392 e. The zero-order valence-corrected chi connectivity index (χ0v) is 13.2. The van der Waals surface area contributed by atoms with Crippen LogP contribution in [-0.4, -0.2) is 30.0 Å². The Labute approximate surface area is 124 Å². The molecule has 0 fully saturated rings. The summed E-state index contributed by atoms with van der Waals surface area (Å²) in [4.78, 5) is 0.00505. The molecule has 0 saturated heterocycles. The zero-order chi connectivity index (χ0) is 14.6. The van der Waals surface area contributed by atoms with Gasteiger partial charge in [-0.3, -0.25) is 0 Å². The van der Waals surface area contributed by atoms with Crippen molar-refractivity contribution in [1.29, 1.82) is 0 Å². The molecule has 1 rings (SSSR count). The molecule has 0 radical (unpaired) electrons. The number of benzene rings is 1. The lowest BCUT2D eigenvalue weighted by Gasteiger charge is -2.23. The van der Waals surface area contributed by atoms with Gasteiger partial charge in [0.25, 0.3) is 0 Å². The third kappa shape index (κ3) is 4.14. The SMILES string of the molecule is CCC(C(N)=S)S(=O)(=O)N(C)Cc1ccc(Cl)cc1. The minimum atomic E-state index is -3.52. The Morgan fingerprint density at radius 3 is 2.37 bits per heavy atom. The minimum absolute atomic E-state index is 0.00505. The molecule has 0 spiro atoms. The van der Waals surface area contributed by atoms with Gasteiger partial charge in [-0.25, -0.2) is 8.42 Å². The number of hydrogen-bond donors (Lipinski definition) is 1. The molecule has 1 aromatic carbocycles. The van der Waals surface area contributed by atoms with Crippen LogP contribution >= 0.6 is 23.8 Å². The summed E-state index contributed by atoms with van der Waals surface area (Å²) in [5.41, 5.74) is 6.35. The summed E-state index contributed by atoms with van der Waals surface area (Å²) in [5, 5.41) is -0.205. The van der Waals surface area contributed by atoms with Crippen LogP contribution in [0.3, 0.4) is 0 Å². The molecule has 19 heavy (non-hydrogen) atoms. The van der Waals surface area contributed by atoms with Crippen molar-refractivity contribution in [3.63, 3.8) is 0 Å². The number of nitrogens with two attached hydrogens (primary N) is 1. The summed E-state index contributed by atoms with van der Waals surface area (Å²) in [6.07, 6.45) is 0.364. The van der Waals surface area contributed by atoms with Crippen LogP contribution < -0.4 is 5.73 Å². The van der Waals surface area contributed by atoms with Crippen LogP contribution in [0.2, 0.25) is 5.02 Å². The van der Waals surface area contributed by atoms with E-state index in [2.05, 4.69) is 0 Å². The topological polar surface area (TPSA) is 63.4 Å². The number of rotatable bonds is 6. The van der Waals surface area contributed by atoms with Gasteiger partial charge in [0.1, 0.15) is 5.25 Å². The Morgan fingerprint density at radius 1 is 1.42 bits per heavy atom. The molecule has 1 unspecified atom stereocenters. The van der Waals surface area contributed by atoms with E-state index in [0.29, 0.717) is 11.4 Å². The van der Waals surface area contributed by atoms with Crippen molar-refractivity contribution >= 4 is 38.8 Å². The fraction of sp³-hybridized carbons (Fsp3) is 0.417. The highest BCUT2D eigenvalue weighted by Gasteiger charge is 2.30. The maximum Gasteiger partial charge on any atom is 0.223 e. The quantitative estimate of drug-likeness (QED) is 0.816. The number of sulfonamides is 1. The van der Waals surface area contributed by atoms with E-state index >= 15 is 0 Å². The Hall–Kier alpha value is -0.690. The molecule has 0 aliphatic rings. The molecule has 0 aromatic heterocycles. The van der Waals surface area contributed by atoms with Crippen LogP contribution in [0, 0.1) is 0 Å². The standard InChI is InChI=1S/C12H17ClN2O2S2/c1-3-11(12(14)18)19(16,17)15(2)8-9-4-6-10(13)7-5-9/h4-7,11H,3,8H2,1-2H3,(H2,14,18). The van der Waals surface area contributed by atoms with Crippen LogP contribution in [0.25, 0.3) is 0 Å². The molecule has 0 heterocycles. The van der Waals surface area contributed by atoms with Crippen LogP contribution in [-0.2, 0) is 16.6 Å². The van der Waals surface area contributed by atoms with Crippen molar-refractivity contribution in [3.05, 3.63) is 34.9 Å². The van der Waals surface area contributed by atoms with Gasteiger partial charge in [0.05, 0.1) is 4.99 Å². The maximum atomic E-state index is 12.3. The van der Waals surface area contributed by atoms with Crippen LogP contribution in [0.1, 0.15) is 18.9 Å². The Kier molecular flexibility index (Phi) is 5.73. The van der Waals surface area contributed by atoms with Gasteiger partial charge in [-0.1, -0.05) is 42.9 Å². The third-order valence-corrected chi connectivity index (χ3v) is 5.79. The van der Waals surface area contributed by atoms with E-state index in [9.17, 15) is 8.42 Å². The monoisotopic (exact) mass is 320 g/mol. The molecule has 0 amide bonds. The highest BCUT2D eigenvalue weighted by atomic mass is 35.5. The lowest BCUT2D eigenvalue weighted by Crippen LogP contribution is -2.42. The predicted octanol–water partition coefficient (Wildman–Crippen LogP) is 2.17. The van der Waals surface area contributed by atoms with Gasteiger partial charge in [0.15, 0.2) is 0 Å². The molecule has 2 N–H and O–H groups in total. The lowest BCUT2D eigenvalue weighted by molar-refractivity contribution is 0.461. The number of halogens is 1. The van der Waals surface area contributed by atoms with Crippen molar-refractivity contribution in [3.8, 4) is 0 Å². The minimum Gasteiger partial charge on any atom is -0.392 e. The van der Waals surface area contributed by atoms with E-state index < -0.39 is 15.3 Å². The fourth-order valence-electron chi connectivity index (χ4n) is 1.71. The first-order valence-corrected chi connectivity index (χ1v) is 8.07. The second-order valence-corrected chi connectivity index (χ2v) is 7.36. The lowest BCUT2D eigenvalue weighted by atomic mass is 10.2. The van der Waals surface area contributed by atoms with Gasteiger partial charge in [0.2, 0.25) is 10.0 Å². The zero-order valence-electron chi connectivity index (χ0n) is 10.8. The Bertz CT molecular complexity index is 543. The molecule has 4 nitrogen and oxygen atoms in total. The fourth-order valence-corrected chi connectivity index (χ4v) is 3.85. The number of nitrogens with zero attached hydrogens (tertiary/aromatic N) is 1. The van der Waals surface area contributed by atoms with E-state index in [4.69, 9.17) is 29.6 Å². The summed E-state index contributed by atoms with van der Waals surface area (Å²) in [6, 6.07) is 7.02. The molecule has 1 atom stereocenters. The van der Waals surface area contributed by atoms with Gasteiger partial charge in [-0.15, -0.1) is 0 Å². The maximum absolute atomic E-state index is 12.3. The highest BCUT2D eigenvalue weighted by molar-refractivity contribution is 7.92. The normalized spacial score (nSPS) is 13.5. The summed E-state index contributed by atoms with van der Waals surface area (Å²) in [5.74, 6) is 0. The van der Waals surface area contributed by atoms with Gasteiger partial charge >= 0.3 is 0 Å². The first kappa shape index (κ1) is 16.4. The molecule has 7 heteroatoms. The Balaban J connectivity index is 2.90. The molecular formula is C12H17ClN2O2S2. The van der Waals surface area contributed by atoms with Crippen LogP contribution in [0.15, 0.2) is 24.3 Å². The average Bonchev–Trinajstić information content (AvgIpc) is 2.32.